The van der Waals surface area contributed by atoms with E-state index in [4.69, 9.17) is 4.84 Å². The number of carbonyl (C=O) groups is 3. The van der Waals surface area contributed by atoms with E-state index in [2.05, 4.69) is 4.72 Å². The molecule has 1 N–H and O–H groups in total. The van der Waals surface area contributed by atoms with E-state index in [0.29, 0.717) is 10.6 Å². The Hall–Kier alpha value is -3.04. The van der Waals surface area contributed by atoms with Crippen LogP contribution in [0.5, 0.6) is 0 Å². The molecule has 2 aromatic rings. The van der Waals surface area contributed by atoms with Crippen LogP contribution in [0.25, 0.3) is 0 Å². The van der Waals surface area contributed by atoms with Gasteiger partial charge in [-0.3, -0.25) is 9.59 Å². The zero-order chi connectivity index (χ0) is 19.8. The lowest BCUT2D eigenvalue weighted by Crippen LogP contribution is -2.38. The van der Waals surface area contributed by atoms with Crippen molar-refractivity contribution in [2.45, 2.75) is 18.7 Å². The quantitative estimate of drug-likeness (QED) is 0.774. The minimum absolute atomic E-state index is 0.0380. The van der Waals surface area contributed by atoms with E-state index in [9.17, 15) is 22.8 Å². The summed E-state index contributed by atoms with van der Waals surface area (Å²) in [5.74, 6) is -2.64. The summed E-state index contributed by atoms with van der Waals surface area (Å²) in [6, 6.07) is 10.9. The Kier molecular flexibility index (Phi) is 4.81. The lowest BCUT2D eigenvalue weighted by atomic mass is 10.1. The molecule has 0 spiro atoms. The van der Waals surface area contributed by atoms with Crippen LogP contribution >= 0.6 is 0 Å². The van der Waals surface area contributed by atoms with Gasteiger partial charge in [-0.05, 0) is 43.2 Å². The predicted octanol–water partition coefficient (Wildman–Crippen LogP) is 1.34. The number of sulfonamides is 1. The molecule has 0 saturated heterocycles. The van der Waals surface area contributed by atoms with Gasteiger partial charge >= 0.3 is 5.97 Å². The molecular formula is C18H16N2O6S. The Morgan fingerprint density at radius 1 is 1.04 bits per heavy atom. The van der Waals surface area contributed by atoms with E-state index in [1.807, 2.05) is 0 Å². The molecule has 2 amide bonds. The Bertz CT molecular complexity index is 1030. The van der Waals surface area contributed by atoms with Gasteiger partial charge < -0.3 is 4.84 Å². The maximum atomic E-state index is 12.4. The molecule has 0 unspecified atom stereocenters. The van der Waals surface area contributed by atoms with Gasteiger partial charge in [-0.15, -0.1) is 0 Å². The largest absolute Gasteiger partial charge is 0.347 e. The molecule has 2 aromatic carbocycles. The molecule has 0 aromatic heterocycles. The highest BCUT2D eigenvalue weighted by atomic mass is 32.2. The number of amides is 2. The van der Waals surface area contributed by atoms with Gasteiger partial charge in [-0.25, -0.2) is 13.2 Å². The number of fused-ring (bicyclic) bond motifs is 1. The number of hydrogen-bond donors (Lipinski definition) is 1. The molecular weight excluding hydrogens is 372 g/mol. The first kappa shape index (κ1) is 18.7. The fraction of sp³-hybridized carbons (Fsp3) is 0.167. The first-order valence-electron chi connectivity index (χ1n) is 7.96. The van der Waals surface area contributed by atoms with E-state index in [1.54, 1.807) is 38.1 Å². The normalized spacial score (nSPS) is 13.6. The molecule has 0 atom stereocenters. The number of rotatable bonds is 5. The Morgan fingerprint density at radius 2 is 1.63 bits per heavy atom. The van der Waals surface area contributed by atoms with Gasteiger partial charge in [0.05, 0.1) is 16.0 Å². The van der Waals surface area contributed by atoms with Crippen LogP contribution in [-0.4, -0.2) is 37.8 Å². The fourth-order valence-electron chi connectivity index (χ4n) is 2.61. The van der Waals surface area contributed by atoms with Crippen molar-refractivity contribution in [2.75, 3.05) is 6.54 Å². The lowest BCUT2D eigenvalue weighted by molar-refractivity contribution is -0.166. The number of hydroxylamine groups is 2. The summed E-state index contributed by atoms with van der Waals surface area (Å²) in [4.78, 5) is 41.1. The third-order valence-electron chi connectivity index (χ3n) is 3.99. The maximum absolute atomic E-state index is 12.4. The molecule has 1 aliphatic rings. The number of carbonyl (C=O) groups excluding carboxylic acids is 3. The summed E-state index contributed by atoms with van der Waals surface area (Å²) in [5.41, 5.74) is 1.49. The summed E-state index contributed by atoms with van der Waals surface area (Å²) in [6.45, 7) is 2.64. The summed E-state index contributed by atoms with van der Waals surface area (Å²) in [6.07, 6.45) is 0. The van der Waals surface area contributed by atoms with Gasteiger partial charge in [-0.2, -0.15) is 4.72 Å². The summed E-state index contributed by atoms with van der Waals surface area (Å²) in [7, 11) is -3.96. The third-order valence-corrected chi connectivity index (χ3v) is 5.53. The second-order valence-electron chi connectivity index (χ2n) is 6.01. The van der Waals surface area contributed by atoms with Gasteiger partial charge in [-0.1, -0.05) is 29.3 Å². The molecule has 9 heteroatoms. The molecule has 1 aliphatic heterocycles. The number of benzene rings is 2. The number of nitrogens with one attached hydrogen (secondary N) is 1. The van der Waals surface area contributed by atoms with Gasteiger partial charge in [0.15, 0.2) is 0 Å². The standard InChI is InChI=1S/C18H16N2O6S/c1-11-7-8-12(2)15(9-11)27(24,25)19-10-16(21)26-20-17(22)13-5-3-4-6-14(13)18(20)23/h3-9,19H,10H2,1-2H3. The van der Waals surface area contributed by atoms with E-state index in [-0.39, 0.29) is 16.0 Å². The number of aryl methyl sites for hydroxylation is 2. The summed E-state index contributed by atoms with van der Waals surface area (Å²) < 4.78 is 26.9. The molecule has 140 valence electrons. The van der Waals surface area contributed by atoms with Crippen molar-refractivity contribution in [1.82, 2.24) is 9.79 Å². The average Bonchev–Trinajstić information content (AvgIpc) is 2.87. The zero-order valence-corrected chi connectivity index (χ0v) is 15.4. The SMILES string of the molecule is Cc1ccc(C)c(S(=O)(=O)NCC(=O)ON2C(=O)c3ccccc3C2=O)c1. The predicted molar refractivity (Wildman–Crippen MR) is 94.1 cm³/mol. The van der Waals surface area contributed by atoms with Crippen LogP contribution in [0.4, 0.5) is 0 Å². The van der Waals surface area contributed by atoms with Crippen LogP contribution in [0.15, 0.2) is 47.4 Å². The summed E-state index contributed by atoms with van der Waals surface area (Å²) in [5, 5.41) is 0.333. The third kappa shape index (κ3) is 3.60. The van der Waals surface area contributed by atoms with E-state index in [0.717, 1.165) is 5.56 Å². The van der Waals surface area contributed by atoms with Crippen LogP contribution in [0.3, 0.4) is 0 Å². The number of imide groups is 1. The van der Waals surface area contributed by atoms with Crippen molar-refractivity contribution >= 4 is 27.8 Å². The van der Waals surface area contributed by atoms with Gasteiger partial charge in [0.1, 0.15) is 6.54 Å². The molecule has 0 radical (unpaired) electrons. The molecule has 27 heavy (non-hydrogen) atoms. The van der Waals surface area contributed by atoms with Crippen molar-refractivity contribution in [2.24, 2.45) is 0 Å². The van der Waals surface area contributed by atoms with E-state index in [1.165, 1.54) is 18.2 Å². The van der Waals surface area contributed by atoms with Gasteiger partial charge in [0.2, 0.25) is 10.0 Å². The van der Waals surface area contributed by atoms with Crippen LogP contribution in [0.1, 0.15) is 31.8 Å². The fourth-order valence-corrected chi connectivity index (χ4v) is 3.91. The smallest absolute Gasteiger partial charge is 0.328 e. The highest BCUT2D eigenvalue weighted by molar-refractivity contribution is 7.89. The molecule has 0 bridgehead atoms. The van der Waals surface area contributed by atoms with Gasteiger partial charge in [0, 0.05) is 0 Å². The van der Waals surface area contributed by atoms with Crippen LogP contribution in [0, 0.1) is 13.8 Å². The molecule has 0 saturated carbocycles. The van der Waals surface area contributed by atoms with Crippen LogP contribution < -0.4 is 4.72 Å². The molecule has 0 aliphatic carbocycles. The highest BCUT2D eigenvalue weighted by Gasteiger charge is 2.38. The second-order valence-corrected chi connectivity index (χ2v) is 7.74. The Balaban J connectivity index is 1.68. The Labute approximate surface area is 155 Å². The highest BCUT2D eigenvalue weighted by Crippen LogP contribution is 2.22. The molecule has 1 heterocycles. The molecule has 8 nitrogen and oxygen atoms in total. The van der Waals surface area contributed by atoms with Gasteiger partial charge in [0.25, 0.3) is 11.8 Å². The average molecular weight is 388 g/mol. The number of hydrogen-bond acceptors (Lipinski definition) is 6. The Morgan fingerprint density at radius 3 is 2.22 bits per heavy atom. The van der Waals surface area contributed by atoms with Crippen molar-refractivity contribution in [3.8, 4) is 0 Å². The summed E-state index contributed by atoms with van der Waals surface area (Å²) >= 11 is 0. The lowest BCUT2D eigenvalue weighted by Gasteiger charge is -2.14. The van der Waals surface area contributed by atoms with Crippen molar-refractivity contribution in [3.05, 3.63) is 64.7 Å². The monoisotopic (exact) mass is 388 g/mol. The first-order valence-corrected chi connectivity index (χ1v) is 9.44. The maximum Gasteiger partial charge on any atom is 0.347 e. The number of nitrogens with zero attached hydrogens (tertiary/aromatic N) is 1. The van der Waals surface area contributed by atoms with E-state index >= 15 is 0 Å². The topological polar surface area (TPSA) is 110 Å². The van der Waals surface area contributed by atoms with Crippen molar-refractivity contribution in [3.63, 3.8) is 0 Å². The van der Waals surface area contributed by atoms with Crippen LogP contribution in [-0.2, 0) is 19.7 Å². The second kappa shape index (κ2) is 6.93. The van der Waals surface area contributed by atoms with E-state index < -0.39 is 34.4 Å². The minimum atomic E-state index is -3.96. The minimum Gasteiger partial charge on any atom is -0.328 e. The zero-order valence-electron chi connectivity index (χ0n) is 14.6. The first-order chi connectivity index (χ1) is 12.7. The molecule has 3 rings (SSSR count). The molecule has 0 fully saturated rings. The van der Waals surface area contributed by atoms with Crippen LogP contribution in [0.2, 0.25) is 0 Å². The van der Waals surface area contributed by atoms with Crippen molar-refractivity contribution < 1.29 is 27.6 Å². The van der Waals surface area contributed by atoms with Crippen molar-refractivity contribution in [1.29, 1.82) is 0 Å².